The van der Waals surface area contributed by atoms with E-state index in [0.717, 1.165) is 11.1 Å². The maximum atomic E-state index is 13.3. The number of thioether (sulfide) groups is 1. The SMILES string of the molecule is CC[C@@H](C(=O)NC(C)C)N(Cc1ccc(F)cc1)C(=O)CSCc1ccc(F)cc1. The van der Waals surface area contributed by atoms with Crippen molar-refractivity contribution < 1.29 is 18.4 Å². The Morgan fingerprint density at radius 2 is 1.50 bits per heavy atom. The quantitative estimate of drug-likeness (QED) is 0.598. The van der Waals surface area contributed by atoms with E-state index in [9.17, 15) is 18.4 Å². The zero-order valence-corrected chi connectivity index (χ0v) is 18.3. The molecular formula is C23H28F2N2O2S. The summed E-state index contributed by atoms with van der Waals surface area (Å²) in [6.45, 7) is 5.83. The van der Waals surface area contributed by atoms with E-state index in [-0.39, 0.29) is 41.8 Å². The van der Waals surface area contributed by atoms with Crippen LogP contribution in [0.3, 0.4) is 0 Å². The minimum atomic E-state index is -0.614. The summed E-state index contributed by atoms with van der Waals surface area (Å²) >= 11 is 1.41. The number of nitrogens with one attached hydrogen (secondary N) is 1. The zero-order valence-electron chi connectivity index (χ0n) is 17.5. The molecule has 2 amide bonds. The Labute approximate surface area is 181 Å². The fourth-order valence-electron chi connectivity index (χ4n) is 3.01. The average Bonchev–Trinajstić information content (AvgIpc) is 2.70. The predicted molar refractivity (Wildman–Crippen MR) is 117 cm³/mol. The number of amides is 2. The summed E-state index contributed by atoms with van der Waals surface area (Å²) in [6.07, 6.45) is 0.466. The highest BCUT2D eigenvalue weighted by molar-refractivity contribution is 7.99. The van der Waals surface area contributed by atoms with Crippen LogP contribution in [0.2, 0.25) is 0 Å². The van der Waals surface area contributed by atoms with Gasteiger partial charge in [-0.15, -0.1) is 11.8 Å². The third-order valence-corrected chi connectivity index (χ3v) is 5.48. The van der Waals surface area contributed by atoms with Gasteiger partial charge in [0.05, 0.1) is 5.75 Å². The lowest BCUT2D eigenvalue weighted by atomic mass is 10.1. The number of carbonyl (C=O) groups is 2. The third kappa shape index (κ3) is 7.44. The summed E-state index contributed by atoms with van der Waals surface area (Å²) in [5.74, 6) is -0.276. The van der Waals surface area contributed by atoms with Crippen molar-refractivity contribution in [3.63, 3.8) is 0 Å². The summed E-state index contributed by atoms with van der Waals surface area (Å²) in [5, 5.41) is 2.88. The second kappa shape index (κ2) is 11.7. The first kappa shape index (κ1) is 23.9. The van der Waals surface area contributed by atoms with Crippen molar-refractivity contribution in [2.24, 2.45) is 0 Å². The fourth-order valence-corrected chi connectivity index (χ4v) is 3.88. The highest BCUT2D eigenvalue weighted by atomic mass is 32.2. The van der Waals surface area contributed by atoms with Crippen molar-refractivity contribution in [2.45, 2.75) is 51.6 Å². The molecule has 30 heavy (non-hydrogen) atoms. The Morgan fingerprint density at radius 1 is 0.967 bits per heavy atom. The van der Waals surface area contributed by atoms with Gasteiger partial charge in [-0.05, 0) is 55.7 Å². The van der Waals surface area contributed by atoms with E-state index in [1.54, 1.807) is 29.2 Å². The van der Waals surface area contributed by atoms with E-state index in [1.807, 2.05) is 20.8 Å². The minimum absolute atomic E-state index is 0.0397. The summed E-state index contributed by atoms with van der Waals surface area (Å²) in [7, 11) is 0. The van der Waals surface area contributed by atoms with Gasteiger partial charge in [0.2, 0.25) is 11.8 Å². The van der Waals surface area contributed by atoms with Crippen LogP contribution >= 0.6 is 11.8 Å². The molecule has 1 N–H and O–H groups in total. The monoisotopic (exact) mass is 434 g/mol. The number of nitrogens with zero attached hydrogens (tertiary/aromatic N) is 1. The van der Waals surface area contributed by atoms with Gasteiger partial charge in [0, 0.05) is 18.3 Å². The first-order chi connectivity index (χ1) is 14.3. The van der Waals surface area contributed by atoms with Crippen LogP contribution in [0.25, 0.3) is 0 Å². The molecule has 0 aliphatic carbocycles. The highest BCUT2D eigenvalue weighted by Crippen LogP contribution is 2.18. The fraction of sp³-hybridized carbons (Fsp3) is 0.391. The molecule has 2 rings (SSSR count). The predicted octanol–water partition coefficient (Wildman–Crippen LogP) is 4.53. The van der Waals surface area contributed by atoms with E-state index in [1.165, 1.54) is 36.0 Å². The van der Waals surface area contributed by atoms with Crippen LogP contribution in [0.15, 0.2) is 48.5 Å². The Morgan fingerprint density at radius 3 is 2.00 bits per heavy atom. The molecule has 1 atom stereocenters. The van der Waals surface area contributed by atoms with Crippen molar-refractivity contribution in [1.29, 1.82) is 0 Å². The van der Waals surface area contributed by atoms with Crippen molar-refractivity contribution in [3.8, 4) is 0 Å². The molecule has 0 aliphatic rings. The zero-order chi connectivity index (χ0) is 22.1. The molecule has 0 heterocycles. The van der Waals surface area contributed by atoms with Crippen LogP contribution in [0, 0.1) is 11.6 Å². The lowest BCUT2D eigenvalue weighted by Gasteiger charge is -2.31. The van der Waals surface area contributed by atoms with Gasteiger partial charge in [-0.1, -0.05) is 31.2 Å². The highest BCUT2D eigenvalue weighted by Gasteiger charge is 2.28. The lowest BCUT2D eigenvalue weighted by Crippen LogP contribution is -2.50. The molecule has 0 saturated carbocycles. The second-order valence-electron chi connectivity index (χ2n) is 7.35. The van der Waals surface area contributed by atoms with E-state index in [0.29, 0.717) is 12.2 Å². The average molecular weight is 435 g/mol. The van der Waals surface area contributed by atoms with Gasteiger partial charge in [0.15, 0.2) is 0 Å². The van der Waals surface area contributed by atoms with Crippen LogP contribution in [0.4, 0.5) is 8.78 Å². The Kier molecular flexibility index (Phi) is 9.30. The number of carbonyl (C=O) groups excluding carboxylic acids is 2. The largest absolute Gasteiger partial charge is 0.352 e. The standard InChI is InChI=1S/C23H28F2N2O2S/c1-4-21(23(29)26-16(2)3)27(13-17-5-9-19(24)10-6-17)22(28)15-30-14-18-7-11-20(25)12-8-18/h5-12,16,21H,4,13-15H2,1-3H3,(H,26,29)/t21-/m0/s1. The van der Waals surface area contributed by atoms with Crippen LogP contribution in [-0.4, -0.2) is 34.6 Å². The molecule has 2 aromatic rings. The topological polar surface area (TPSA) is 49.4 Å². The first-order valence-electron chi connectivity index (χ1n) is 9.96. The van der Waals surface area contributed by atoms with Crippen LogP contribution in [-0.2, 0) is 21.9 Å². The van der Waals surface area contributed by atoms with Gasteiger partial charge in [-0.3, -0.25) is 9.59 Å². The Bertz CT molecular complexity index is 826. The summed E-state index contributed by atoms with van der Waals surface area (Å²) in [6, 6.07) is 11.4. The van der Waals surface area contributed by atoms with E-state index in [4.69, 9.17) is 0 Å². The lowest BCUT2D eigenvalue weighted by molar-refractivity contribution is -0.139. The van der Waals surface area contributed by atoms with Gasteiger partial charge < -0.3 is 10.2 Å². The van der Waals surface area contributed by atoms with Crippen molar-refractivity contribution in [3.05, 3.63) is 71.3 Å². The number of benzene rings is 2. The van der Waals surface area contributed by atoms with Crippen LogP contribution < -0.4 is 5.32 Å². The molecule has 0 spiro atoms. The normalized spacial score (nSPS) is 11.9. The molecular weight excluding hydrogens is 406 g/mol. The molecule has 0 aliphatic heterocycles. The molecule has 2 aromatic carbocycles. The van der Waals surface area contributed by atoms with E-state index < -0.39 is 6.04 Å². The molecule has 162 valence electrons. The number of halogens is 2. The molecule has 7 heteroatoms. The van der Waals surface area contributed by atoms with Crippen molar-refractivity contribution >= 4 is 23.6 Å². The van der Waals surface area contributed by atoms with Crippen LogP contribution in [0.5, 0.6) is 0 Å². The van der Waals surface area contributed by atoms with E-state index >= 15 is 0 Å². The Hall–Kier alpha value is -2.41. The van der Waals surface area contributed by atoms with Gasteiger partial charge in [0.25, 0.3) is 0 Å². The molecule has 0 bridgehead atoms. The smallest absolute Gasteiger partial charge is 0.243 e. The van der Waals surface area contributed by atoms with Gasteiger partial charge in [-0.25, -0.2) is 8.78 Å². The summed E-state index contributed by atoms with van der Waals surface area (Å²) < 4.78 is 26.3. The summed E-state index contributed by atoms with van der Waals surface area (Å²) in [4.78, 5) is 27.3. The Balaban J connectivity index is 2.11. The van der Waals surface area contributed by atoms with Gasteiger partial charge >= 0.3 is 0 Å². The van der Waals surface area contributed by atoms with E-state index in [2.05, 4.69) is 5.32 Å². The maximum Gasteiger partial charge on any atom is 0.243 e. The summed E-state index contributed by atoms with van der Waals surface area (Å²) in [5.41, 5.74) is 1.67. The molecule has 0 unspecified atom stereocenters. The number of hydrogen-bond acceptors (Lipinski definition) is 3. The van der Waals surface area contributed by atoms with Gasteiger partial charge in [0.1, 0.15) is 17.7 Å². The third-order valence-electron chi connectivity index (χ3n) is 4.49. The minimum Gasteiger partial charge on any atom is -0.352 e. The molecule has 4 nitrogen and oxygen atoms in total. The maximum absolute atomic E-state index is 13.3. The van der Waals surface area contributed by atoms with Crippen molar-refractivity contribution in [2.75, 3.05) is 5.75 Å². The molecule has 0 saturated heterocycles. The molecule has 0 radical (unpaired) electrons. The van der Waals surface area contributed by atoms with Gasteiger partial charge in [-0.2, -0.15) is 0 Å². The van der Waals surface area contributed by atoms with Crippen molar-refractivity contribution in [1.82, 2.24) is 10.2 Å². The molecule has 0 aromatic heterocycles. The first-order valence-corrected chi connectivity index (χ1v) is 11.1. The van der Waals surface area contributed by atoms with Crippen LogP contribution in [0.1, 0.15) is 38.3 Å². The molecule has 0 fully saturated rings. The number of hydrogen-bond donors (Lipinski definition) is 1. The second-order valence-corrected chi connectivity index (χ2v) is 8.34. The number of rotatable bonds is 10.